The molecule has 19 heavy (non-hydrogen) atoms. The molecular weight excluding hydrogens is 232 g/mol. The highest BCUT2D eigenvalue weighted by molar-refractivity contribution is 5.97. The molecule has 0 fully saturated rings. The minimum Gasteiger partial charge on any atom is -0.294 e. The maximum absolute atomic E-state index is 12.3. The molecule has 1 nitrogen and oxygen atoms in total. The maximum atomic E-state index is 12.3. The number of rotatable bonds is 5. The zero-order chi connectivity index (χ0) is 13.7. The summed E-state index contributed by atoms with van der Waals surface area (Å²) in [6.45, 7) is 4.41. The Hall–Kier alpha value is -1.89. The molecule has 0 aliphatic heterocycles. The molecule has 0 aliphatic rings. The average Bonchev–Trinajstić information content (AvgIpc) is 2.41. The molecule has 0 radical (unpaired) electrons. The zero-order valence-corrected chi connectivity index (χ0v) is 11.6. The largest absolute Gasteiger partial charge is 0.294 e. The van der Waals surface area contributed by atoms with Gasteiger partial charge in [0.1, 0.15) is 0 Å². The van der Waals surface area contributed by atoms with Gasteiger partial charge in [0.05, 0.1) is 0 Å². The van der Waals surface area contributed by atoms with E-state index in [2.05, 4.69) is 26.0 Å². The maximum Gasteiger partial charge on any atom is 0.167 e. The molecule has 0 saturated heterocycles. The number of ketones is 1. The Morgan fingerprint density at radius 3 is 2.11 bits per heavy atom. The van der Waals surface area contributed by atoms with Crippen LogP contribution >= 0.6 is 0 Å². The first-order chi connectivity index (χ1) is 9.16. The van der Waals surface area contributed by atoms with E-state index in [1.54, 1.807) is 0 Å². The van der Waals surface area contributed by atoms with Crippen LogP contribution in [0.3, 0.4) is 0 Å². The van der Waals surface area contributed by atoms with Gasteiger partial charge in [-0.3, -0.25) is 4.79 Å². The first-order valence-electron chi connectivity index (χ1n) is 6.82. The van der Waals surface area contributed by atoms with Gasteiger partial charge in [0.2, 0.25) is 0 Å². The van der Waals surface area contributed by atoms with Crippen molar-refractivity contribution in [3.05, 3.63) is 71.3 Å². The van der Waals surface area contributed by atoms with Crippen LogP contribution in [0.5, 0.6) is 0 Å². The third-order valence-corrected chi connectivity index (χ3v) is 3.19. The van der Waals surface area contributed by atoms with E-state index in [0.717, 1.165) is 17.5 Å². The highest BCUT2D eigenvalue weighted by atomic mass is 16.1. The Morgan fingerprint density at radius 1 is 0.895 bits per heavy atom. The molecule has 0 spiro atoms. The van der Waals surface area contributed by atoms with Crippen LogP contribution in [0.25, 0.3) is 0 Å². The second-order valence-corrected chi connectivity index (χ2v) is 5.33. The quantitative estimate of drug-likeness (QED) is 0.725. The first-order valence-corrected chi connectivity index (χ1v) is 6.82. The van der Waals surface area contributed by atoms with Crippen LogP contribution in [0.15, 0.2) is 54.6 Å². The van der Waals surface area contributed by atoms with Crippen molar-refractivity contribution >= 4 is 5.78 Å². The SMILES string of the molecule is CC(C)Cc1ccccc1CC(=O)c1ccccc1. The minimum atomic E-state index is 0.191. The second-order valence-electron chi connectivity index (χ2n) is 5.33. The molecule has 2 aromatic carbocycles. The Bertz CT molecular complexity index is 541. The summed E-state index contributed by atoms with van der Waals surface area (Å²) in [6, 6.07) is 17.8. The van der Waals surface area contributed by atoms with E-state index < -0.39 is 0 Å². The van der Waals surface area contributed by atoms with E-state index in [1.165, 1.54) is 5.56 Å². The Labute approximate surface area is 115 Å². The van der Waals surface area contributed by atoms with Gasteiger partial charge in [0.25, 0.3) is 0 Å². The van der Waals surface area contributed by atoms with Crippen LogP contribution in [0.4, 0.5) is 0 Å². The van der Waals surface area contributed by atoms with Crippen molar-refractivity contribution in [1.82, 2.24) is 0 Å². The summed E-state index contributed by atoms with van der Waals surface area (Å²) in [5, 5.41) is 0. The lowest BCUT2D eigenvalue weighted by atomic mass is 9.94. The molecule has 0 atom stereocenters. The standard InChI is InChI=1S/C18H20O/c1-14(2)12-16-10-6-7-11-17(16)13-18(19)15-8-4-3-5-9-15/h3-11,14H,12-13H2,1-2H3. The topological polar surface area (TPSA) is 17.1 Å². The molecule has 1 heteroatoms. The van der Waals surface area contributed by atoms with Crippen LogP contribution in [0, 0.1) is 5.92 Å². The van der Waals surface area contributed by atoms with Gasteiger partial charge in [-0.25, -0.2) is 0 Å². The number of hydrogen-bond acceptors (Lipinski definition) is 1. The van der Waals surface area contributed by atoms with Gasteiger partial charge < -0.3 is 0 Å². The van der Waals surface area contributed by atoms with Gasteiger partial charge in [-0.2, -0.15) is 0 Å². The summed E-state index contributed by atoms with van der Waals surface area (Å²) >= 11 is 0. The summed E-state index contributed by atoms with van der Waals surface area (Å²) in [5.41, 5.74) is 3.24. The molecule has 0 N–H and O–H groups in total. The van der Waals surface area contributed by atoms with Crippen molar-refractivity contribution in [2.24, 2.45) is 5.92 Å². The smallest absolute Gasteiger partial charge is 0.167 e. The van der Waals surface area contributed by atoms with Gasteiger partial charge in [-0.05, 0) is 23.5 Å². The molecule has 0 unspecified atom stereocenters. The number of Topliss-reactive ketones (excluding diaryl/α,β-unsaturated/α-hetero) is 1. The van der Waals surface area contributed by atoms with Crippen LogP contribution < -0.4 is 0 Å². The van der Waals surface area contributed by atoms with Gasteiger partial charge in [-0.1, -0.05) is 68.4 Å². The molecule has 0 aromatic heterocycles. The fourth-order valence-electron chi connectivity index (χ4n) is 2.27. The highest BCUT2D eigenvalue weighted by Gasteiger charge is 2.10. The van der Waals surface area contributed by atoms with E-state index in [4.69, 9.17) is 0 Å². The fourth-order valence-corrected chi connectivity index (χ4v) is 2.27. The normalized spacial score (nSPS) is 10.7. The van der Waals surface area contributed by atoms with Crippen molar-refractivity contribution in [3.63, 3.8) is 0 Å². The third kappa shape index (κ3) is 3.78. The van der Waals surface area contributed by atoms with Crippen LogP contribution in [0.1, 0.15) is 35.3 Å². The number of carbonyl (C=O) groups is 1. The fraction of sp³-hybridized carbons (Fsp3) is 0.278. The van der Waals surface area contributed by atoms with Crippen LogP contribution in [0.2, 0.25) is 0 Å². The predicted molar refractivity (Wildman–Crippen MR) is 79.5 cm³/mol. The summed E-state index contributed by atoms with van der Waals surface area (Å²) in [7, 11) is 0. The van der Waals surface area contributed by atoms with Crippen molar-refractivity contribution in [1.29, 1.82) is 0 Å². The van der Waals surface area contributed by atoms with E-state index in [-0.39, 0.29) is 5.78 Å². The lowest BCUT2D eigenvalue weighted by molar-refractivity contribution is 0.0992. The Kier molecular flexibility index (Phi) is 4.51. The van der Waals surface area contributed by atoms with E-state index >= 15 is 0 Å². The summed E-state index contributed by atoms with van der Waals surface area (Å²) < 4.78 is 0. The summed E-state index contributed by atoms with van der Waals surface area (Å²) in [5.74, 6) is 0.796. The molecule has 98 valence electrons. The monoisotopic (exact) mass is 252 g/mol. The van der Waals surface area contributed by atoms with Crippen molar-refractivity contribution in [2.45, 2.75) is 26.7 Å². The molecule has 0 amide bonds. The van der Waals surface area contributed by atoms with E-state index in [1.807, 2.05) is 42.5 Å². The summed E-state index contributed by atoms with van der Waals surface area (Å²) in [4.78, 5) is 12.3. The summed E-state index contributed by atoms with van der Waals surface area (Å²) in [6.07, 6.45) is 1.52. The van der Waals surface area contributed by atoms with Crippen LogP contribution in [-0.2, 0) is 12.8 Å². The van der Waals surface area contributed by atoms with E-state index in [0.29, 0.717) is 12.3 Å². The van der Waals surface area contributed by atoms with Gasteiger partial charge in [0, 0.05) is 12.0 Å². The molecule has 2 aromatic rings. The van der Waals surface area contributed by atoms with Crippen molar-refractivity contribution < 1.29 is 4.79 Å². The van der Waals surface area contributed by atoms with Crippen molar-refractivity contribution in [3.8, 4) is 0 Å². The lowest BCUT2D eigenvalue weighted by Crippen LogP contribution is -2.07. The predicted octanol–water partition coefficient (Wildman–Crippen LogP) is 4.31. The average molecular weight is 252 g/mol. The highest BCUT2D eigenvalue weighted by Crippen LogP contribution is 2.16. The second kappa shape index (κ2) is 6.33. The van der Waals surface area contributed by atoms with Crippen molar-refractivity contribution in [2.75, 3.05) is 0 Å². The van der Waals surface area contributed by atoms with E-state index in [9.17, 15) is 4.79 Å². The molecule has 0 aliphatic carbocycles. The lowest BCUT2D eigenvalue weighted by Gasteiger charge is -2.11. The molecule has 2 rings (SSSR count). The molecule has 0 heterocycles. The zero-order valence-electron chi connectivity index (χ0n) is 11.6. The van der Waals surface area contributed by atoms with Gasteiger partial charge in [-0.15, -0.1) is 0 Å². The van der Waals surface area contributed by atoms with Gasteiger partial charge in [0.15, 0.2) is 5.78 Å². The van der Waals surface area contributed by atoms with Crippen LogP contribution in [-0.4, -0.2) is 5.78 Å². The number of benzene rings is 2. The number of hydrogen-bond donors (Lipinski definition) is 0. The third-order valence-electron chi connectivity index (χ3n) is 3.19. The molecular formula is C18H20O. The molecule has 0 saturated carbocycles. The molecule has 0 bridgehead atoms. The Balaban J connectivity index is 2.17. The first kappa shape index (κ1) is 13.5. The Morgan fingerprint density at radius 2 is 1.47 bits per heavy atom. The van der Waals surface area contributed by atoms with Gasteiger partial charge >= 0.3 is 0 Å². The number of carbonyl (C=O) groups excluding carboxylic acids is 1. The minimum absolute atomic E-state index is 0.191.